The van der Waals surface area contributed by atoms with Crippen LogP contribution in [0.1, 0.15) is 49.4 Å². The average molecular weight is 274 g/mol. The first-order valence-corrected chi connectivity index (χ1v) is 7.75. The number of benzene rings is 1. The van der Waals surface area contributed by atoms with Crippen LogP contribution in [0.5, 0.6) is 0 Å². The summed E-state index contributed by atoms with van der Waals surface area (Å²) < 4.78 is 0. The van der Waals surface area contributed by atoms with Gasteiger partial charge in [0, 0.05) is 19.3 Å². The average Bonchev–Trinajstić information content (AvgIpc) is 2.49. The van der Waals surface area contributed by atoms with Gasteiger partial charge in [0.1, 0.15) is 0 Å². The molecule has 20 heavy (non-hydrogen) atoms. The topological polar surface area (TPSA) is 41.1 Å². The molecule has 2 rings (SSSR count). The van der Waals surface area contributed by atoms with Crippen LogP contribution in [0.4, 0.5) is 5.69 Å². The summed E-state index contributed by atoms with van der Waals surface area (Å²) in [4.78, 5) is 12.2. The van der Waals surface area contributed by atoms with Gasteiger partial charge in [-0.3, -0.25) is 4.79 Å². The molecule has 3 heteroatoms. The summed E-state index contributed by atoms with van der Waals surface area (Å²) >= 11 is 0. The van der Waals surface area contributed by atoms with Gasteiger partial charge in [0.05, 0.1) is 5.56 Å². The minimum atomic E-state index is 0.0270. The van der Waals surface area contributed by atoms with Crippen molar-refractivity contribution in [1.82, 2.24) is 5.32 Å². The fourth-order valence-corrected chi connectivity index (χ4v) is 3.00. The third kappa shape index (κ3) is 3.99. The Morgan fingerprint density at radius 1 is 1.20 bits per heavy atom. The van der Waals surface area contributed by atoms with E-state index in [1.165, 1.54) is 25.7 Å². The highest BCUT2D eigenvalue weighted by Crippen LogP contribution is 2.29. The smallest absolute Gasteiger partial charge is 0.253 e. The summed E-state index contributed by atoms with van der Waals surface area (Å²) in [5.41, 5.74) is 1.61. The monoisotopic (exact) mass is 274 g/mol. The normalized spacial score (nSPS) is 22.3. The molecule has 0 atom stereocenters. The second-order valence-corrected chi connectivity index (χ2v) is 5.97. The molecule has 0 spiro atoms. The molecule has 1 aliphatic rings. The van der Waals surface area contributed by atoms with E-state index in [9.17, 15) is 4.79 Å². The van der Waals surface area contributed by atoms with E-state index in [-0.39, 0.29) is 5.91 Å². The van der Waals surface area contributed by atoms with E-state index in [0.29, 0.717) is 0 Å². The Hall–Kier alpha value is -1.51. The fraction of sp³-hybridized carbons (Fsp3) is 0.588. The molecule has 1 fully saturated rings. The fourth-order valence-electron chi connectivity index (χ4n) is 3.00. The lowest BCUT2D eigenvalue weighted by Crippen LogP contribution is -2.27. The lowest BCUT2D eigenvalue weighted by atomic mass is 9.81. The van der Waals surface area contributed by atoms with Crippen LogP contribution in [0.15, 0.2) is 24.3 Å². The highest BCUT2D eigenvalue weighted by Gasteiger charge is 2.18. The van der Waals surface area contributed by atoms with Crippen molar-refractivity contribution in [2.75, 3.05) is 18.9 Å². The van der Waals surface area contributed by atoms with Crippen molar-refractivity contribution < 1.29 is 4.79 Å². The first-order chi connectivity index (χ1) is 9.70. The van der Waals surface area contributed by atoms with E-state index in [0.717, 1.165) is 36.1 Å². The zero-order valence-corrected chi connectivity index (χ0v) is 12.6. The summed E-state index contributed by atoms with van der Waals surface area (Å²) in [6.45, 7) is 3.13. The number of carbonyl (C=O) groups is 1. The molecule has 0 saturated heterocycles. The predicted octanol–water partition coefficient (Wildman–Crippen LogP) is 3.67. The highest BCUT2D eigenvalue weighted by atomic mass is 16.1. The number of hydrogen-bond acceptors (Lipinski definition) is 2. The summed E-state index contributed by atoms with van der Waals surface area (Å²) in [6, 6.07) is 7.63. The van der Waals surface area contributed by atoms with Crippen LogP contribution in [0.25, 0.3) is 0 Å². The van der Waals surface area contributed by atoms with Gasteiger partial charge in [-0.15, -0.1) is 0 Å². The summed E-state index contributed by atoms with van der Waals surface area (Å²) in [6.07, 6.45) is 6.46. The molecule has 0 radical (unpaired) electrons. The quantitative estimate of drug-likeness (QED) is 0.860. The van der Waals surface area contributed by atoms with E-state index in [1.807, 2.05) is 31.3 Å². The summed E-state index contributed by atoms with van der Waals surface area (Å²) in [5, 5.41) is 6.11. The van der Waals surface area contributed by atoms with E-state index in [4.69, 9.17) is 0 Å². The van der Waals surface area contributed by atoms with Crippen molar-refractivity contribution in [3.63, 3.8) is 0 Å². The van der Waals surface area contributed by atoms with Gasteiger partial charge < -0.3 is 10.6 Å². The van der Waals surface area contributed by atoms with Crippen molar-refractivity contribution >= 4 is 11.6 Å². The highest BCUT2D eigenvalue weighted by molar-refractivity contribution is 5.99. The number of hydrogen-bond donors (Lipinski definition) is 2. The lowest BCUT2D eigenvalue weighted by Gasteiger charge is -2.26. The minimum absolute atomic E-state index is 0.0270. The molecular formula is C17H26N2O. The van der Waals surface area contributed by atoms with E-state index in [1.54, 1.807) is 0 Å². The molecule has 1 aliphatic carbocycles. The number of rotatable bonds is 5. The Kier molecular flexibility index (Phi) is 5.45. The third-order valence-electron chi connectivity index (χ3n) is 4.41. The lowest BCUT2D eigenvalue weighted by molar-refractivity contribution is 0.0950. The van der Waals surface area contributed by atoms with Gasteiger partial charge in [-0.25, -0.2) is 0 Å². The Balaban J connectivity index is 1.78. The standard InChI is InChI=1S/C17H26N2O/c1-13-7-9-14(10-8-13)11-12-19-17(20)15-5-3-4-6-16(15)18-2/h3-6,13-14,18H,7-12H2,1-2H3,(H,19,20). The molecule has 1 aromatic rings. The van der Waals surface area contributed by atoms with Crippen LogP contribution in [0.2, 0.25) is 0 Å². The van der Waals surface area contributed by atoms with Crippen LogP contribution in [-0.4, -0.2) is 19.5 Å². The maximum atomic E-state index is 12.2. The van der Waals surface area contributed by atoms with E-state index >= 15 is 0 Å². The largest absolute Gasteiger partial charge is 0.387 e. The molecule has 0 unspecified atom stereocenters. The number of carbonyl (C=O) groups excluding carboxylic acids is 1. The van der Waals surface area contributed by atoms with Crippen LogP contribution in [-0.2, 0) is 0 Å². The van der Waals surface area contributed by atoms with Crippen LogP contribution >= 0.6 is 0 Å². The van der Waals surface area contributed by atoms with Gasteiger partial charge in [-0.1, -0.05) is 44.7 Å². The van der Waals surface area contributed by atoms with E-state index < -0.39 is 0 Å². The number of amides is 1. The minimum Gasteiger partial charge on any atom is -0.387 e. The Bertz CT molecular complexity index is 436. The zero-order valence-electron chi connectivity index (χ0n) is 12.6. The van der Waals surface area contributed by atoms with Crippen molar-refractivity contribution in [1.29, 1.82) is 0 Å². The first-order valence-electron chi connectivity index (χ1n) is 7.75. The predicted molar refractivity (Wildman–Crippen MR) is 84.1 cm³/mol. The van der Waals surface area contributed by atoms with Crippen LogP contribution < -0.4 is 10.6 Å². The second-order valence-electron chi connectivity index (χ2n) is 5.97. The number of nitrogens with one attached hydrogen (secondary N) is 2. The molecule has 1 amide bonds. The molecule has 0 bridgehead atoms. The van der Waals surface area contributed by atoms with Gasteiger partial charge in [0.25, 0.3) is 5.91 Å². The maximum absolute atomic E-state index is 12.2. The summed E-state index contributed by atoms with van der Waals surface area (Å²) in [7, 11) is 1.84. The maximum Gasteiger partial charge on any atom is 0.253 e. The van der Waals surface area contributed by atoms with E-state index in [2.05, 4.69) is 17.6 Å². The molecule has 2 N–H and O–H groups in total. The van der Waals surface area contributed by atoms with Crippen molar-refractivity contribution in [3.8, 4) is 0 Å². The Morgan fingerprint density at radius 2 is 1.90 bits per heavy atom. The van der Waals surface area contributed by atoms with Gasteiger partial charge in [-0.05, 0) is 30.4 Å². The van der Waals surface area contributed by atoms with Gasteiger partial charge >= 0.3 is 0 Å². The zero-order chi connectivity index (χ0) is 14.4. The Labute approximate surface area is 122 Å². The molecule has 0 aliphatic heterocycles. The number of anilines is 1. The van der Waals surface area contributed by atoms with Gasteiger partial charge in [-0.2, -0.15) is 0 Å². The number of para-hydroxylation sites is 1. The SMILES string of the molecule is CNc1ccccc1C(=O)NCCC1CCC(C)CC1. The second kappa shape index (κ2) is 7.32. The molecule has 1 saturated carbocycles. The first kappa shape index (κ1) is 14.9. The van der Waals surface area contributed by atoms with Crippen molar-refractivity contribution in [2.45, 2.75) is 39.0 Å². The summed E-state index contributed by atoms with van der Waals surface area (Å²) in [5.74, 6) is 1.72. The molecule has 110 valence electrons. The third-order valence-corrected chi connectivity index (χ3v) is 4.41. The van der Waals surface area contributed by atoms with Crippen LogP contribution in [0, 0.1) is 11.8 Å². The van der Waals surface area contributed by atoms with Crippen molar-refractivity contribution in [3.05, 3.63) is 29.8 Å². The molecule has 3 nitrogen and oxygen atoms in total. The molecular weight excluding hydrogens is 248 g/mol. The molecule has 1 aromatic carbocycles. The Morgan fingerprint density at radius 3 is 2.60 bits per heavy atom. The molecule has 0 heterocycles. The van der Waals surface area contributed by atoms with Crippen molar-refractivity contribution in [2.24, 2.45) is 11.8 Å². The van der Waals surface area contributed by atoms with Gasteiger partial charge in [0.2, 0.25) is 0 Å². The van der Waals surface area contributed by atoms with Gasteiger partial charge in [0.15, 0.2) is 0 Å². The van der Waals surface area contributed by atoms with Crippen LogP contribution in [0.3, 0.4) is 0 Å². The molecule has 0 aromatic heterocycles.